The summed E-state index contributed by atoms with van der Waals surface area (Å²) in [5.41, 5.74) is -0.813. The van der Waals surface area contributed by atoms with Crippen LogP contribution in [0.2, 0.25) is 0 Å². The van der Waals surface area contributed by atoms with E-state index in [0.717, 1.165) is 16.9 Å². The fourth-order valence-electron chi connectivity index (χ4n) is 2.59. The maximum Gasteiger partial charge on any atom is 0.410 e. The first-order valence-electron chi connectivity index (χ1n) is 8.23. The van der Waals surface area contributed by atoms with Gasteiger partial charge in [-0.3, -0.25) is 9.69 Å². The molecule has 25 heavy (non-hydrogen) atoms. The summed E-state index contributed by atoms with van der Waals surface area (Å²) >= 11 is 0. The SMILES string of the molecule is CCCC[C@](CCC(=O)O)(C(=O)O)N(C)C(=O)OCc1ccccc1. The number of carbonyl (C=O) groups excluding carboxylic acids is 1. The Bertz CT molecular complexity index is 588. The minimum Gasteiger partial charge on any atom is -0.481 e. The van der Waals surface area contributed by atoms with Gasteiger partial charge in [0.25, 0.3) is 0 Å². The Kier molecular flexibility index (Phi) is 7.91. The number of ether oxygens (including phenoxy) is 1. The first-order chi connectivity index (χ1) is 11.8. The fourth-order valence-corrected chi connectivity index (χ4v) is 2.59. The monoisotopic (exact) mass is 351 g/mol. The lowest BCUT2D eigenvalue weighted by Gasteiger charge is -2.37. The van der Waals surface area contributed by atoms with Gasteiger partial charge in [0.05, 0.1) is 0 Å². The Morgan fingerprint density at radius 3 is 2.28 bits per heavy atom. The predicted molar refractivity (Wildman–Crippen MR) is 91.2 cm³/mol. The van der Waals surface area contributed by atoms with E-state index in [9.17, 15) is 19.5 Å². The zero-order valence-electron chi connectivity index (χ0n) is 14.6. The van der Waals surface area contributed by atoms with E-state index in [4.69, 9.17) is 9.84 Å². The van der Waals surface area contributed by atoms with Gasteiger partial charge >= 0.3 is 18.0 Å². The molecule has 1 rings (SSSR count). The van der Waals surface area contributed by atoms with Crippen LogP contribution in [-0.4, -0.2) is 45.7 Å². The molecule has 138 valence electrons. The van der Waals surface area contributed by atoms with E-state index in [1.165, 1.54) is 7.05 Å². The van der Waals surface area contributed by atoms with Crippen LogP contribution in [0.15, 0.2) is 30.3 Å². The molecule has 0 bridgehead atoms. The lowest BCUT2D eigenvalue weighted by atomic mass is 9.86. The smallest absolute Gasteiger partial charge is 0.410 e. The van der Waals surface area contributed by atoms with E-state index in [-0.39, 0.29) is 25.9 Å². The number of benzene rings is 1. The van der Waals surface area contributed by atoms with E-state index in [0.29, 0.717) is 6.42 Å². The highest BCUT2D eigenvalue weighted by atomic mass is 16.6. The second kappa shape index (κ2) is 9.66. The molecule has 0 aliphatic rings. The summed E-state index contributed by atoms with van der Waals surface area (Å²) in [6, 6.07) is 9.03. The van der Waals surface area contributed by atoms with Gasteiger partial charge in [-0.1, -0.05) is 50.1 Å². The molecule has 0 fully saturated rings. The minimum absolute atomic E-state index is 0.0203. The molecule has 2 N–H and O–H groups in total. The largest absolute Gasteiger partial charge is 0.481 e. The lowest BCUT2D eigenvalue weighted by Crippen LogP contribution is -2.55. The van der Waals surface area contributed by atoms with Gasteiger partial charge in [-0.2, -0.15) is 0 Å². The van der Waals surface area contributed by atoms with Crippen molar-refractivity contribution in [3.8, 4) is 0 Å². The first-order valence-corrected chi connectivity index (χ1v) is 8.23. The molecule has 0 aliphatic carbocycles. The van der Waals surface area contributed by atoms with E-state index in [2.05, 4.69) is 0 Å². The third-order valence-electron chi connectivity index (χ3n) is 4.22. The van der Waals surface area contributed by atoms with Crippen LogP contribution in [0.1, 0.15) is 44.6 Å². The number of hydrogen-bond acceptors (Lipinski definition) is 4. The van der Waals surface area contributed by atoms with E-state index in [1.54, 1.807) is 12.1 Å². The van der Waals surface area contributed by atoms with E-state index in [1.807, 2.05) is 25.1 Å². The Morgan fingerprint density at radius 1 is 1.12 bits per heavy atom. The first kappa shape index (κ1) is 20.5. The molecule has 1 aromatic rings. The summed E-state index contributed by atoms with van der Waals surface area (Å²) in [6.07, 6.45) is 0.161. The quantitative estimate of drug-likeness (QED) is 0.671. The van der Waals surface area contributed by atoms with E-state index < -0.39 is 23.6 Å². The highest BCUT2D eigenvalue weighted by Gasteiger charge is 2.45. The van der Waals surface area contributed by atoms with Crippen molar-refractivity contribution in [2.75, 3.05) is 7.05 Å². The number of amides is 1. The van der Waals surface area contributed by atoms with Crippen LogP contribution >= 0.6 is 0 Å². The molecule has 0 unspecified atom stereocenters. The summed E-state index contributed by atoms with van der Waals surface area (Å²) in [6.45, 7) is 1.92. The van der Waals surface area contributed by atoms with Crippen molar-refractivity contribution in [3.05, 3.63) is 35.9 Å². The molecule has 0 radical (unpaired) electrons. The molecule has 0 heterocycles. The van der Waals surface area contributed by atoms with Crippen molar-refractivity contribution in [1.29, 1.82) is 0 Å². The molecule has 0 aromatic heterocycles. The van der Waals surface area contributed by atoms with Crippen LogP contribution in [0.25, 0.3) is 0 Å². The number of aliphatic carboxylic acids is 2. The van der Waals surface area contributed by atoms with Crippen LogP contribution in [-0.2, 0) is 20.9 Å². The number of carboxylic acid groups (broad SMARTS) is 2. The average molecular weight is 351 g/mol. The summed E-state index contributed by atoms with van der Waals surface area (Å²) in [5, 5.41) is 18.7. The summed E-state index contributed by atoms with van der Waals surface area (Å²) in [7, 11) is 1.35. The van der Waals surface area contributed by atoms with Crippen LogP contribution < -0.4 is 0 Å². The minimum atomic E-state index is -1.60. The summed E-state index contributed by atoms with van der Waals surface area (Å²) < 4.78 is 5.21. The summed E-state index contributed by atoms with van der Waals surface area (Å²) in [5.74, 6) is -2.32. The van der Waals surface area contributed by atoms with Crippen LogP contribution in [0, 0.1) is 0 Å². The van der Waals surface area contributed by atoms with Gasteiger partial charge in [0.1, 0.15) is 12.1 Å². The van der Waals surface area contributed by atoms with Crippen molar-refractivity contribution in [1.82, 2.24) is 4.90 Å². The molecule has 0 saturated carbocycles. The molecule has 1 aromatic carbocycles. The molecule has 0 spiro atoms. The number of hydrogen-bond donors (Lipinski definition) is 2. The zero-order chi connectivity index (χ0) is 18.9. The number of likely N-dealkylation sites (N-methyl/N-ethyl adjacent to an activating group) is 1. The Balaban J connectivity index is 2.90. The van der Waals surface area contributed by atoms with Crippen LogP contribution in [0.3, 0.4) is 0 Å². The normalized spacial score (nSPS) is 12.9. The Labute approximate surface area is 147 Å². The number of carboxylic acids is 2. The number of rotatable bonds is 10. The van der Waals surface area contributed by atoms with Crippen molar-refractivity contribution in [3.63, 3.8) is 0 Å². The average Bonchev–Trinajstić information content (AvgIpc) is 2.60. The summed E-state index contributed by atoms with van der Waals surface area (Å²) in [4.78, 5) is 36.2. The standard InChI is InChI=1S/C18H25NO6/c1-3-4-11-18(16(22)23,12-10-15(20)21)19(2)17(24)25-13-14-8-6-5-7-9-14/h5-9H,3-4,10-13H2,1-2H3,(H,20,21)(H,22,23)/t18-/m0/s1. The topological polar surface area (TPSA) is 104 Å². The third-order valence-corrected chi connectivity index (χ3v) is 4.22. The van der Waals surface area contributed by atoms with Gasteiger partial charge in [-0.05, 0) is 18.4 Å². The lowest BCUT2D eigenvalue weighted by molar-refractivity contribution is -0.152. The van der Waals surface area contributed by atoms with Crippen molar-refractivity contribution >= 4 is 18.0 Å². The Hall–Kier alpha value is -2.57. The van der Waals surface area contributed by atoms with Gasteiger partial charge in [0.15, 0.2) is 0 Å². The van der Waals surface area contributed by atoms with Crippen molar-refractivity contribution in [2.24, 2.45) is 0 Å². The second-order valence-corrected chi connectivity index (χ2v) is 5.93. The molecule has 1 atom stereocenters. The number of unbranched alkanes of at least 4 members (excludes halogenated alkanes) is 1. The van der Waals surface area contributed by atoms with Gasteiger partial charge in [-0.15, -0.1) is 0 Å². The molecule has 0 saturated heterocycles. The van der Waals surface area contributed by atoms with Crippen molar-refractivity contribution < 1.29 is 29.3 Å². The Morgan fingerprint density at radius 2 is 1.76 bits per heavy atom. The molecular weight excluding hydrogens is 326 g/mol. The maximum atomic E-state index is 12.4. The zero-order valence-corrected chi connectivity index (χ0v) is 14.6. The predicted octanol–water partition coefficient (Wildman–Crippen LogP) is 3.13. The molecule has 7 heteroatoms. The molecule has 0 aliphatic heterocycles. The van der Waals surface area contributed by atoms with Crippen molar-refractivity contribution in [2.45, 2.75) is 51.2 Å². The van der Waals surface area contributed by atoms with E-state index >= 15 is 0 Å². The van der Waals surface area contributed by atoms with Crippen LogP contribution in [0.5, 0.6) is 0 Å². The maximum absolute atomic E-state index is 12.4. The number of carbonyl (C=O) groups is 3. The second-order valence-electron chi connectivity index (χ2n) is 5.93. The highest BCUT2D eigenvalue weighted by molar-refractivity contribution is 5.85. The van der Waals surface area contributed by atoms with Gasteiger partial charge < -0.3 is 14.9 Å². The van der Waals surface area contributed by atoms with Gasteiger partial charge in [0, 0.05) is 13.5 Å². The van der Waals surface area contributed by atoms with Gasteiger partial charge in [0.2, 0.25) is 0 Å². The van der Waals surface area contributed by atoms with Crippen LogP contribution in [0.4, 0.5) is 4.79 Å². The highest BCUT2D eigenvalue weighted by Crippen LogP contribution is 2.28. The fraction of sp³-hybridized carbons (Fsp3) is 0.500. The molecule has 7 nitrogen and oxygen atoms in total. The third kappa shape index (κ3) is 5.77. The van der Waals surface area contributed by atoms with Gasteiger partial charge in [-0.25, -0.2) is 9.59 Å². The molecular formula is C18H25NO6. The number of nitrogens with zero attached hydrogens (tertiary/aromatic N) is 1. The molecule has 1 amide bonds.